The van der Waals surface area contributed by atoms with Crippen molar-refractivity contribution in [2.75, 3.05) is 28.3 Å². The third-order valence-corrected chi connectivity index (χ3v) is 8.11. The summed E-state index contributed by atoms with van der Waals surface area (Å²) < 4.78 is 37.4. The molecular weight excluding hydrogens is 413 g/mol. The van der Waals surface area contributed by atoms with Crippen LogP contribution in [-0.2, 0) is 14.6 Å². The average Bonchev–Trinajstić information content (AvgIpc) is 3.17. The van der Waals surface area contributed by atoms with Gasteiger partial charge in [0.2, 0.25) is 5.91 Å². The molecule has 2 atom stereocenters. The fraction of sp³-hybridized carbons (Fsp3) is 0.300. The number of aliphatic imine (C=N–C) groups is 1. The van der Waals surface area contributed by atoms with Crippen molar-refractivity contribution in [2.45, 2.75) is 18.2 Å². The molecule has 0 radical (unpaired) electrons. The number of fused-ring (bicyclic) bond motifs is 1. The number of carbonyl (C=O) groups is 1. The van der Waals surface area contributed by atoms with Crippen LogP contribution in [0.5, 0.6) is 0 Å². The van der Waals surface area contributed by atoms with Crippen molar-refractivity contribution < 1.29 is 17.6 Å². The fourth-order valence-electron chi connectivity index (χ4n) is 3.36. The normalized spacial score (nSPS) is 22.1. The Balaban J connectivity index is 1.54. The number of carbonyl (C=O) groups excluding carboxylic acids is 1. The third-order valence-electron chi connectivity index (χ3n) is 4.86. The summed E-state index contributed by atoms with van der Waals surface area (Å²) in [5.74, 6) is -0.545. The zero-order chi connectivity index (χ0) is 20.6. The second-order valence-electron chi connectivity index (χ2n) is 7.15. The molecule has 152 valence electrons. The number of rotatable bonds is 4. The second-order valence-corrected chi connectivity index (χ2v) is 10.5. The van der Waals surface area contributed by atoms with Gasteiger partial charge in [0.05, 0.1) is 17.5 Å². The number of halogens is 1. The quantitative estimate of drug-likeness (QED) is 0.802. The maximum Gasteiger partial charge on any atom is 0.244 e. The van der Waals surface area contributed by atoms with Crippen molar-refractivity contribution in [3.63, 3.8) is 0 Å². The van der Waals surface area contributed by atoms with Gasteiger partial charge in [-0.1, -0.05) is 36.0 Å². The van der Waals surface area contributed by atoms with Crippen molar-refractivity contribution in [1.82, 2.24) is 0 Å². The van der Waals surface area contributed by atoms with Gasteiger partial charge in [-0.25, -0.2) is 12.8 Å². The Bertz CT molecular complexity index is 1070. The van der Waals surface area contributed by atoms with Gasteiger partial charge in [0.15, 0.2) is 15.0 Å². The van der Waals surface area contributed by atoms with E-state index in [1.54, 1.807) is 24.0 Å². The van der Waals surface area contributed by atoms with Gasteiger partial charge in [0.1, 0.15) is 12.4 Å². The first-order valence-electron chi connectivity index (χ1n) is 9.14. The topological polar surface area (TPSA) is 78.8 Å². The Hall–Kier alpha value is -2.39. The van der Waals surface area contributed by atoms with Crippen LogP contribution < -0.4 is 10.2 Å². The van der Waals surface area contributed by atoms with E-state index in [0.717, 1.165) is 5.69 Å². The van der Waals surface area contributed by atoms with Gasteiger partial charge in [-0.3, -0.25) is 9.79 Å². The molecule has 2 aromatic carbocycles. The van der Waals surface area contributed by atoms with Crippen molar-refractivity contribution in [2.24, 2.45) is 4.99 Å². The number of nitrogens with one attached hydrogen (secondary N) is 1. The third kappa shape index (κ3) is 4.45. The van der Waals surface area contributed by atoms with Crippen LogP contribution in [0.3, 0.4) is 0 Å². The lowest BCUT2D eigenvalue weighted by Crippen LogP contribution is -2.36. The summed E-state index contributed by atoms with van der Waals surface area (Å²) in [5, 5.41) is 3.23. The summed E-state index contributed by atoms with van der Waals surface area (Å²) in [6, 6.07) is 13.6. The summed E-state index contributed by atoms with van der Waals surface area (Å²) in [7, 11) is -3.05. The lowest BCUT2D eigenvalue weighted by Gasteiger charge is -2.24. The van der Waals surface area contributed by atoms with Crippen LogP contribution >= 0.6 is 11.8 Å². The molecule has 4 rings (SSSR count). The van der Waals surface area contributed by atoms with Gasteiger partial charge in [-0.2, -0.15) is 0 Å². The Morgan fingerprint density at radius 2 is 2.00 bits per heavy atom. The van der Waals surface area contributed by atoms with E-state index in [9.17, 15) is 17.6 Å². The van der Waals surface area contributed by atoms with Gasteiger partial charge in [-0.05, 0) is 36.8 Å². The van der Waals surface area contributed by atoms with Gasteiger partial charge in [-0.15, -0.1) is 0 Å². The number of aryl methyl sites for hydroxylation is 1. The van der Waals surface area contributed by atoms with Gasteiger partial charge in [0, 0.05) is 16.6 Å². The molecule has 1 fully saturated rings. The molecule has 0 aliphatic carbocycles. The molecule has 1 saturated heterocycles. The maximum absolute atomic E-state index is 13.8. The first kappa shape index (κ1) is 19.9. The Labute approximate surface area is 173 Å². The van der Waals surface area contributed by atoms with Crippen molar-refractivity contribution in [3.05, 3.63) is 59.9 Å². The first-order chi connectivity index (χ1) is 13.8. The molecule has 2 heterocycles. The molecule has 0 aromatic heterocycles. The maximum atomic E-state index is 13.8. The predicted octanol–water partition coefficient (Wildman–Crippen LogP) is 2.85. The Morgan fingerprint density at radius 1 is 1.24 bits per heavy atom. The zero-order valence-electron chi connectivity index (χ0n) is 15.7. The SMILES string of the molecule is Cc1ccc(NC(=O)CN(C2=N[C@H]3CS(=O)(=O)C[C@@H]3S2)c2ccccc2)cc1F. The number of anilines is 2. The number of thioether (sulfide) groups is 1. The molecule has 2 aliphatic heterocycles. The average molecular weight is 434 g/mol. The smallest absolute Gasteiger partial charge is 0.244 e. The van der Waals surface area contributed by atoms with Crippen molar-refractivity contribution in [3.8, 4) is 0 Å². The van der Waals surface area contributed by atoms with Crippen LogP contribution in [0.4, 0.5) is 15.8 Å². The lowest BCUT2D eigenvalue weighted by atomic mass is 10.2. The van der Waals surface area contributed by atoms with Crippen LogP contribution in [-0.4, -0.2) is 48.8 Å². The Morgan fingerprint density at radius 3 is 2.69 bits per heavy atom. The van der Waals surface area contributed by atoms with Gasteiger partial charge < -0.3 is 10.2 Å². The van der Waals surface area contributed by atoms with E-state index in [4.69, 9.17) is 0 Å². The lowest BCUT2D eigenvalue weighted by molar-refractivity contribution is -0.114. The van der Waals surface area contributed by atoms with Crippen LogP contribution in [0, 0.1) is 12.7 Å². The largest absolute Gasteiger partial charge is 0.324 e. The number of benzene rings is 2. The number of hydrogen-bond donors (Lipinski definition) is 1. The molecule has 2 aromatic rings. The molecular formula is C20H20FN3O3S2. The van der Waals surface area contributed by atoms with E-state index in [0.29, 0.717) is 16.4 Å². The van der Waals surface area contributed by atoms with Crippen molar-refractivity contribution >= 4 is 44.0 Å². The van der Waals surface area contributed by atoms with Crippen LogP contribution in [0.15, 0.2) is 53.5 Å². The summed E-state index contributed by atoms with van der Waals surface area (Å²) in [6.07, 6.45) is 0. The molecule has 29 heavy (non-hydrogen) atoms. The number of hydrogen-bond acceptors (Lipinski definition) is 6. The molecule has 0 spiro atoms. The Kier molecular flexibility index (Phi) is 5.35. The molecule has 1 N–H and O–H groups in total. The number of nitrogens with zero attached hydrogens (tertiary/aromatic N) is 2. The molecule has 0 saturated carbocycles. The minimum Gasteiger partial charge on any atom is -0.324 e. The van der Waals surface area contributed by atoms with Crippen LogP contribution in [0.1, 0.15) is 5.56 Å². The predicted molar refractivity (Wildman–Crippen MR) is 115 cm³/mol. The van der Waals surface area contributed by atoms with Crippen molar-refractivity contribution in [1.29, 1.82) is 0 Å². The highest BCUT2D eigenvalue weighted by Crippen LogP contribution is 2.36. The second kappa shape index (κ2) is 7.79. The highest BCUT2D eigenvalue weighted by atomic mass is 32.2. The van der Waals surface area contributed by atoms with Crippen LogP contribution in [0.25, 0.3) is 0 Å². The highest BCUT2D eigenvalue weighted by molar-refractivity contribution is 8.15. The molecule has 0 unspecified atom stereocenters. The van der Waals surface area contributed by atoms with E-state index in [2.05, 4.69) is 10.3 Å². The molecule has 0 bridgehead atoms. The van der Waals surface area contributed by atoms with E-state index in [1.165, 1.54) is 17.8 Å². The summed E-state index contributed by atoms with van der Waals surface area (Å²) in [5.41, 5.74) is 1.68. The number of amides is 1. The summed E-state index contributed by atoms with van der Waals surface area (Å²) in [4.78, 5) is 19.0. The van der Waals surface area contributed by atoms with Crippen LogP contribution in [0.2, 0.25) is 0 Å². The molecule has 6 nitrogen and oxygen atoms in total. The minimum absolute atomic E-state index is 0.0163. The number of amidine groups is 1. The number of para-hydroxylation sites is 1. The van der Waals surface area contributed by atoms with E-state index in [-0.39, 0.29) is 41.1 Å². The fourth-order valence-corrected chi connectivity index (χ4v) is 7.14. The van der Waals surface area contributed by atoms with E-state index >= 15 is 0 Å². The molecule has 1 amide bonds. The standard InChI is InChI=1S/C20H20FN3O3S2/c1-13-7-8-14(9-16(13)21)22-19(25)10-24(15-5-3-2-4-6-15)20-23-17-11-29(26,27)12-18(17)28-20/h2-9,17-18H,10-12H2,1H3,(H,22,25)/t17-,18-/m0/s1. The zero-order valence-corrected chi connectivity index (χ0v) is 17.3. The monoisotopic (exact) mass is 433 g/mol. The first-order valence-corrected chi connectivity index (χ1v) is 11.8. The molecule has 2 aliphatic rings. The summed E-state index contributed by atoms with van der Waals surface area (Å²) >= 11 is 1.40. The van der Waals surface area contributed by atoms with Gasteiger partial charge in [0.25, 0.3) is 0 Å². The summed E-state index contributed by atoms with van der Waals surface area (Å²) in [6.45, 7) is 1.64. The molecule has 9 heteroatoms. The minimum atomic E-state index is -3.05. The van der Waals surface area contributed by atoms with E-state index in [1.807, 2.05) is 30.3 Å². The highest BCUT2D eigenvalue weighted by Gasteiger charge is 2.44. The van der Waals surface area contributed by atoms with E-state index < -0.39 is 9.84 Å². The van der Waals surface area contributed by atoms with Gasteiger partial charge >= 0.3 is 0 Å². The number of sulfone groups is 1.